The Morgan fingerprint density at radius 2 is 2.04 bits per heavy atom. The van der Waals surface area contributed by atoms with Gasteiger partial charge in [-0.3, -0.25) is 0 Å². The molecule has 0 radical (unpaired) electrons. The average molecular weight is 324 g/mol. The van der Waals surface area contributed by atoms with Crippen molar-refractivity contribution in [3.63, 3.8) is 0 Å². The molecule has 23 heavy (non-hydrogen) atoms. The topological polar surface area (TPSA) is 50.8 Å². The van der Waals surface area contributed by atoms with Crippen molar-refractivity contribution in [2.75, 3.05) is 13.2 Å². The van der Waals surface area contributed by atoms with Crippen LogP contribution >= 0.6 is 0 Å². The summed E-state index contributed by atoms with van der Waals surface area (Å²) in [5, 5.41) is 3.79. The first-order chi connectivity index (χ1) is 10.8. The number of amides is 1. The fraction of sp³-hybridized carbons (Fsp3) is 0.944. The van der Waals surface area contributed by atoms with Gasteiger partial charge in [-0.15, -0.1) is 0 Å². The summed E-state index contributed by atoms with van der Waals surface area (Å²) in [5.74, 6) is 0. The Morgan fingerprint density at radius 3 is 2.57 bits per heavy atom. The predicted molar refractivity (Wildman–Crippen MR) is 89.5 cm³/mol. The van der Waals surface area contributed by atoms with Crippen molar-refractivity contribution < 1.29 is 14.3 Å². The molecule has 3 fully saturated rings. The molecule has 2 aliphatic heterocycles. The van der Waals surface area contributed by atoms with Crippen LogP contribution in [0.15, 0.2) is 0 Å². The molecule has 0 aromatic carbocycles. The third kappa shape index (κ3) is 3.66. The van der Waals surface area contributed by atoms with Gasteiger partial charge < -0.3 is 19.7 Å². The van der Waals surface area contributed by atoms with E-state index in [0.29, 0.717) is 18.2 Å². The van der Waals surface area contributed by atoms with Crippen LogP contribution in [0.5, 0.6) is 0 Å². The lowest BCUT2D eigenvalue weighted by Crippen LogP contribution is -2.64. The molecule has 5 heteroatoms. The minimum atomic E-state index is -0.423. The maximum Gasteiger partial charge on any atom is 0.410 e. The highest BCUT2D eigenvalue weighted by atomic mass is 16.6. The third-order valence-electron chi connectivity index (χ3n) is 5.62. The molecule has 132 valence electrons. The Bertz CT molecular complexity index is 442. The second-order valence-electron chi connectivity index (χ2n) is 8.54. The van der Waals surface area contributed by atoms with E-state index in [-0.39, 0.29) is 11.6 Å². The van der Waals surface area contributed by atoms with Gasteiger partial charge in [0.25, 0.3) is 0 Å². The zero-order valence-electron chi connectivity index (χ0n) is 15.1. The first kappa shape index (κ1) is 17.0. The smallest absolute Gasteiger partial charge is 0.410 e. The highest BCUT2D eigenvalue weighted by Crippen LogP contribution is 2.45. The maximum atomic E-state index is 12.6. The molecule has 3 aliphatic rings. The Kier molecular flexibility index (Phi) is 4.62. The van der Waals surface area contributed by atoms with Gasteiger partial charge in [0.15, 0.2) is 0 Å². The Hall–Kier alpha value is -0.810. The molecule has 1 spiro atoms. The minimum Gasteiger partial charge on any atom is -0.444 e. The fourth-order valence-corrected chi connectivity index (χ4v) is 4.25. The van der Waals surface area contributed by atoms with Crippen LogP contribution in [0.1, 0.15) is 66.2 Å². The lowest BCUT2D eigenvalue weighted by atomic mass is 9.69. The van der Waals surface area contributed by atoms with E-state index in [9.17, 15) is 4.79 Å². The van der Waals surface area contributed by atoms with Gasteiger partial charge in [0.1, 0.15) is 5.60 Å². The molecule has 1 amide bonds. The SMILES string of the molecule is CC1OCCC1NC1CCN(C(=O)OC(C)(C)C)C2(CCC2)C1. The van der Waals surface area contributed by atoms with Crippen LogP contribution in [0.25, 0.3) is 0 Å². The highest BCUT2D eigenvalue weighted by molar-refractivity contribution is 5.69. The summed E-state index contributed by atoms with van der Waals surface area (Å²) in [6.07, 6.45) is 6.77. The highest BCUT2D eigenvalue weighted by Gasteiger charge is 2.50. The van der Waals surface area contributed by atoms with Crippen molar-refractivity contribution in [1.29, 1.82) is 0 Å². The van der Waals surface area contributed by atoms with Crippen molar-refractivity contribution in [3.05, 3.63) is 0 Å². The van der Waals surface area contributed by atoms with Crippen LogP contribution in [-0.2, 0) is 9.47 Å². The van der Waals surface area contributed by atoms with Gasteiger partial charge in [-0.25, -0.2) is 4.79 Å². The standard InChI is InChI=1S/C18H32N2O3/c1-13-15(7-11-22-13)19-14-6-10-20(16(21)23-17(2,3)4)18(12-14)8-5-9-18/h13-15,19H,5-12H2,1-4H3. The van der Waals surface area contributed by atoms with Crippen LogP contribution in [-0.4, -0.2) is 53.5 Å². The van der Waals surface area contributed by atoms with E-state index in [0.717, 1.165) is 45.3 Å². The molecule has 2 heterocycles. The number of hydrogen-bond acceptors (Lipinski definition) is 4. The summed E-state index contributed by atoms with van der Waals surface area (Å²) in [4.78, 5) is 14.6. The summed E-state index contributed by atoms with van der Waals surface area (Å²) in [7, 11) is 0. The van der Waals surface area contributed by atoms with E-state index < -0.39 is 5.60 Å². The van der Waals surface area contributed by atoms with Crippen molar-refractivity contribution >= 4 is 6.09 Å². The molecule has 3 unspecified atom stereocenters. The normalized spacial score (nSPS) is 33.6. The summed E-state index contributed by atoms with van der Waals surface area (Å²) in [6, 6.07) is 0.952. The molecule has 3 rings (SSSR count). The quantitative estimate of drug-likeness (QED) is 0.848. The average Bonchev–Trinajstić information content (AvgIpc) is 2.80. The second kappa shape index (κ2) is 6.25. The Labute approximate surface area is 140 Å². The number of carbonyl (C=O) groups excluding carboxylic acids is 1. The number of nitrogens with one attached hydrogen (secondary N) is 1. The van der Waals surface area contributed by atoms with Gasteiger partial charge in [0.2, 0.25) is 0 Å². The zero-order valence-corrected chi connectivity index (χ0v) is 15.1. The lowest BCUT2D eigenvalue weighted by Gasteiger charge is -2.55. The number of hydrogen-bond donors (Lipinski definition) is 1. The van der Waals surface area contributed by atoms with E-state index in [1.807, 2.05) is 25.7 Å². The molecular weight excluding hydrogens is 292 g/mol. The molecular formula is C18H32N2O3. The van der Waals surface area contributed by atoms with Crippen molar-refractivity contribution in [3.8, 4) is 0 Å². The van der Waals surface area contributed by atoms with E-state index in [4.69, 9.17) is 9.47 Å². The van der Waals surface area contributed by atoms with Gasteiger partial charge in [-0.2, -0.15) is 0 Å². The molecule has 1 saturated carbocycles. The van der Waals surface area contributed by atoms with Crippen molar-refractivity contribution in [2.24, 2.45) is 0 Å². The molecule has 0 bridgehead atoms. The van der Waals surface area contributed by atoms with Crippen LogP contribution in [0.2, 0.25) is 0 Å². The third-order valence-corrected chi connectivity index (χ3v) is 5.62. The van der Waals surface area contributed by atoms with Crippen molar-refractivity contribution in [2.45, 2.75) is 95.5 Å². The molecule has 2 saturated heterocycles. The summed E-state index contributed by atoms with van der Waals surface area (Å²) < 4.78 is 11.3. The van der Waals surface area contributed by atoms with E-state index in [1.165, 1.54) is 6.42 Å². The summed E-state index contributed by atoms with van der Waals surface area (Å²) in [5.41, 5.74) is -0.394. The Balaban J connectivity index is 1.62. The van der Waals surface area contributed by atoms with Gasteiger partial charge in [-0.1, -0.05) is 0 Å². The van der Waals surface area contributed by atoms with E-state index >= 15 is 0 Å². The zero-order chi connectivity index (χ0) is 16.7. The first-order valence-corrected chi connectivity index (χ1v) is 9.17. The maximum absolute atomic E-state index is 12.6. The minimum absolute atomic E-state index is 0.0287. The number of nitrogens with zero attached hydrogens (tertiary/aromatic N) is 1. The van der Waals surface area contributed by atoms with Crippen LogP contribution in [0.4, 0.5) is 4.79 Å². The van der Waals surface area contributed by atoms with E-state index in [2.05, 4.69) is 12.2 Å². The van der Waals surface area contributed by atoms with Gasteiger partial charge >= 0.3 is 6.09 Å². The molecule has 0 aromatic heterocycles. The monoisotopic (exact) mass is 324 g/mol. The first-order valence-electron chi connectivity index (χ1n) is 9.17. The number of likely N-dealkylation sites (tertiary alicyclic amines) is 1. The number of rotatable bonds is 2. The predicted octanol–water partition coefficient (Wildman–Crippen LogP) is 3.08. The Morgan fingerprint density at radius 1 is 1.30 bits per heavy atom. The molecule has 3 atom stereocenters. The number of carbonyl (C=O) groups is 1. The summed E-state index contributed by atoms with van der Waals surface area (Å²) >= 11 is 0. The van der Waals surface area contributed by atoms with Crippen LogP contribution in [0, 0.1) is 0 Å². The largest absolute Gasteiger partial charge is 0.444 e. The van der Waals surface area contributed by atoms with Crippen LogP contribution < -0.4 is 5.32 Å². The van der Waals surface area contributed by atoms with Crippen molar-refractivity contribution in [1.82, 2.24) is 10.2 Å². The summed E-state index contributed by atoms with van der Waals surface area (Å²) in [6.45, 7) is 9.63. The number of ether oxygens (including phenoxy) is 2. The number of piperidine rings is 1. The van der Waals surface area contributed by atoms with Crippen LogP contribution in [0.3, 0.4) is 0 Å². The van der Waals surface area contributed by atoms with Gasteiger partial charge in [-0.05, 0) is 66.2 Å². The second-order valence-corrected chi connectivity index (χ2v) is 8.54. The molecule has 1 aliphatic carbocycles. The van der Waals surface area contributed by atoms with Gasteiger partial charge in [0, 0.05) is 30.8 Å². The molecule has 0 aromatic rings. The van der Waals surface area contributed by atoms with Gasteiger partial charge in [0.05, 0.1) is 6.10 Å². The van der Waals surface area contributed by atoms with E-state index in [1.54, 1.807) is 0 Å². The molecule has 5 nitrogen and oxygen atoms in total. The lowest BCUT2D eigenvalue weighted by molar-refractivity contribution is -0.0507. The molecule has 1 N–H and O–H groups in total. The fourth-order valence-electron chi connectivity index (χ4n) is 4.25.